The fourth-order valence-corrected chi connectivity index (χ4v) is 2.36. The summed E-state index contributed by atoms with van der Waals surface area (Å²) in [6.45, 7) is 0. The Morgan fingerprint density at radius 2 is 2.13 bits per heavy atom. The van der Waals surface area contributed by atoms with E-state index in [1.165, 1.54) is 3.57 Å². The van der Waals surface area contributed by atoms with Gasteiger partial charge in [0.25, 0.3) is 0 Å². The number of aromatic amines is 1. The lowest BCUT2D eigenvalue weighted by molar-refractivity contribution is 1.12. The summed E-state index contributed by atoms with van der Waals surface area (Å²) in [6.07, 6.45) is 1.78. The zero-order valence-electron chi connectivity index (χ0n) is 7.46. The Morgan fingerprint density at radius 1 is 1.27 bits per heavy atom. The molecule has 3 nitrogen and oxygen atoms in total. The van der Waals surface area contributed by atoms with Crippen molar-refractivity contribution in [1.29, 1.82) is 0 Å². The summed E-state index contributed by atoms with van der Waals surface area (Å²) >= 11 is 8.31. The highest BCUT2D eigenvalue weighted by atomic mass is 127. The molecule has 15 heavy (non-hydrogen) atoms. The lowest BCUT2D eigenvalue weighted by atomic mass is 10.1. The first kappa shape index (κ1) is 9.35. The molecule has 3 rings (SSSR count). The number of H-pyrrole nitrogens is 1. The maximum Gasteiger partial charge on any atom is 0.155 e. The number of hydrogen-bond acceptors (Lipinski definition) is 2. The minimum atomic E-state index is 0.469. The standard InChI is InChI=1S/C10H5ClIN3/c11-10-9-7(4-13-15-9)6-3-5(12)1-2-8(6)14-10/h1-4H,(H,13,15). The Bertz CT molecular complexity index is 662. The molecule has 0 unspecified atom stereocenters. The number of nitrogens with zero attached hydrogens (tertiary/aromatic N) is 2. The van der Waals surface area contributed by atoms with Crippen LogP contribution in [0.2, 0.25) is 5.15 Å². The Kier molecular flexibility index (Phi) is 2.07. The van der Waals surface area contributed by atoms with Crippen molar-refractivity contribution in [2.45, 2.75) is 0 Å². The molecule has 0 atom stereocenters. The fraction of sp³-hybridized carbons (Fsp3) is 0. The van der Waals surface area contributed by atoms with E-state index < -0.39 is 0 Å². The normalized spacial score (nSPS) is 11.3. The van der Waals surface area contributed by atoms with Crippen LogP contribution in [0.5, 0.6) is 0 Å². The molecular weight excluding hydrogens is 324 g/mol. The monoisotopic (exact) mass is 329 g/mol. The second kappa shape index (κ2) is 3.31. The maximum absolute atomic E-state index is 6.03. The summed E-state index contributed by atoms with van der Waals surface area (Å²) in [6, 6.07) is 6.06. The number of rotatable bonds is 0. The average molecular weight is 330 g/mol. The number of fused-ring (bicyclic) bond motifs is 3. The van der Waals surface area contributed by atoms with Gasteiger partial charge in [-0.3, -0.25) is 5.10 Å². The Labute approximate surface area is 104 Å². The van der Waals surface area contributed by atoms with E-state index in [2.05, 4.69) is 43.8 Å². The summed E-state index contributed by atoms with van der Waals surface area (Å²) in [5.74, 6) is 0. The maximum atomic E-state index is 6.03. The molecule has 0 fully saturated rings. The quantitative estimate of drug-likeness (QED) is 0.507. The van der Waals surface area contributed by atoms with Gasteiger partial charge >= 0.3 is 0 Å². The fourth-order valence-electron chi connectivity index (χ4n) is 1.63. The van der Waals surface area contributed by atoms with Gasteiger partial charge in [0, 0.05) is 14.3 Å². The summed E-state index contributed by atoms with van der Waals surface area (Å²) in [7, 11) is 0. The van der Waals surface area contributed by atoms with Crippen LogP contribution in [0.15, 0.2) is 24.4 Å². The predicted molar refractivity (Wildman–Crippen MR) is 69.1 cm³/mol. The molecule has 0 saturated carbocycles. The van der Waals surface area contributed by atoms with Crippen molar-refractivity contribution in [2.75, 3.05) is 0 Å². The average Bonchev–Trinajstić information content (AvgIpc) is 2.69. The van der Waals surface area contributed by atoms with Gasteiger partial charge in [-0.05, 0) is 40.8 Å². The third kappa shape index (κ3) is 1.39. The van der Waals surface area contributed by atoms with Gasteiger partial charge in [-0.25, -0.2) is 4.98 Å². The van der Waals surface area contributed by atoms with Crippen molar-refractivity contribution in [3.63, 3.8) is 0 Å². The van der Waals surface area contributed by atoms with Crippen LogP contribution in [-0.2, 0) is 0 Å². The van der Waals surface area contributed by atoms with E-state index in [9.17, 15) is 0 Å². The van der Waals surface area contributed by atoms with Crippen LogP contribution in [0, 0.1) is 3.57 Å². The van der Waals surface area contributed by atoms with Crippen molar-refractivity contribution in [2.24, 2.45) is 0 Å². The molecule has 2 heterocycles. The second-order valence-electron chi connectivity index (χ2n) is 3.22. The summed E-state index contributed by atoms with van der Waals surface area (Å²) in [4.78, 5) is 4.31. The van der Waals surface area contributed by atoms with Crippen LogP contribution in [0.1, 0.15) is 0 Å². The van der Waals surface area contributed by atoms with Crippen LogP contribution >= 0.6 is 34.2 Å². The molecule has 3 aromatic rings. The van der Waals surface area contributed by atoms with E-state index in [4.69, 9.17) is 11.6 Å². The highest BCUT2D eigenvalue weighted by molar-refractivity contribution is 14.1. The Hall–Kier alpha value is -0.880. The summed E-state index contributed by atoms with van der Waals surface area (Å²) < 4.78 is 1.17. The molecule has 0 amide bonds. The van der Waals surface area contributed by atoms with Crippen molar-refractivity contribution < 1.29 is 0 Å². The smallest absolute Gasteiger partial charge is 0.155 e. The third-order valence-corrected chi connectivity index (χ3v) is 3.26. The van der Waals surface area contributed by atoms with E-state index in [1.54, 1.807) is 6.20 Å². The minimum absolute atomic E-state index is 0.469. The molecule has 0 aliphatic heterocycles. The number of hydrogen-bond donors (Lipinski definition) is 1. The van der Waals surface area contributed by atoms with Crippen molar-refractivity contribution in [3.05, 3.63) is 33.1 Å². The van der Waals surface area contributed by atoms with Crippen LogP contribution in [0.25, 0.3) is 21.8 Å². The minimum Gasteiger partial charge on any atom is -0.275 e. The summed E-state index contributed by atoms with van der Waals surface area (Å²) in [5, 5.41) is 9.41. The van der Waals surface area contributed by atoms with E-state index in [0.29, 0.717) is 5.15 Å². The first-order valence-corrected chi connectivity index (χ1v) is 5.79. The molecule has 0 saturated heterocycles. The number of aromatic nitrogens is 3. The molecule has 0 aliphatic carbocycles. The lowest BCUT2D eigenvalue weighted by Crippen LogP contribution is -1.83. The van der Waals surface area contributed by atoms with Crippen molar-refractivity contribution in [1.82, 2.24) is 15.2 Å². The van der Waals surface area contributed by atoms with Gasteiger partial charge in [0.05, 0.1) is 11.7 Å². The summed E-state index contributed by atoms with van der Waals surface area (Å²) in [5.41, 5.74) is 1.69. The van der Waals surface area contributed by atoms with Crippen LogP contribution in [-0.4, -0.2) is 15.2 Å². The number of benzene rings is 1. The van der Waals surface area contributed by atoms with Crippen molar-refractivity contribution in [3.8, 4) is 0 Å². The van der Waals surface area contributed by atoms with Gasteiger partial charge in [0.2, 0.25) is 0 Å². The zero-order valence-corrected chi connectivity index (χ0v) is 10.4. The largest absolute Gasteiger partial charge is 0.275 e. The predicted octanol–water partition coefficient (Wildman–Crippen LogP) is 3.37. The van der Waals surface area contributed by atoms with E-state index >= 15 is 0 Å². The number of pyridine rings is 1. The molecule has 0 radical (unpaired) electrons. The van der Waals surface area contributed by atoms with Gasteiger partial charge in [-0.15, -0.1) is 0 Å². The van der Waals surface area contributed by atoms with Crippen LogP contribution in [0.3, 0.4) is 0 Å². The highest BCUT2D eigenvalue weighted by Crippen LogP contribution is 2.28. The molecule has 1 N–H and O–H groups in total. The molecular formula is C10H5ClIN3. The van der Waals surface area contributed by atoms with Gasteiger partial charge in [0.1, 0.15) is 5.52 Å². The van der Waals surface area contributed by atoms with E-state index in [-0.39, 0.29) is 0 Å². The molecule has 74 valence electrons. The van der Waals surface area contributed by atoms with E-state index in [0.717, 1.165) is 21.8 Å². The first-order chi connectivity index (χ1) is 7.25. The molecule has 0 aliphatic rings. The molecule has 1 aromatic carbocycles. The first-order valence-electron chi connectivity index (χ1n) is 4.33. The topological polar surface area (TPSA) is 41.6 Å². The second-order valence-corrected chi connectivity index (χ2v) is 4.83. The SMILES string of the molecule is Clc1nc2ccc(I)cc2c2cn[nH]c12. The van der Waals surface area contributed by atoms with Gasteiger partial charge in [-0.1, -0.05) is 11.6 Å². The Morgan fingerprint density at radius 3 is 3.00 bits per heavy atom. The van der Waals surface area contributed by atoms with E-state index in [1.807, 2.05) is 12.1 Å². The number of halogens is 2. The van der Waals surface area contributed by atoms with Gasteiger partial charge < -0.3 is 0 Å². The molecule has 0 spiro atoms. The zero-order chi connectivity index (χ0) is 10.4. The lowest BCUT2D eigenvalue weighted by Gasteiger charge is -2.00. The molecule has 2 aromatic heterocycles. The van der Waals surface area contributed by atoms with Crippen LogP contribution < -0.4 is 0 Å². The van der Waals surface area contributed by atoms with Gasteiger partial charge in [-0.2, -0.15) is 5.10 Å². The van der Waals surface area contributed by atoms with Crippen molar-refractivity contribution >= 4 is 56.0 Å². The highest BCUT2D eigenvalue weighted by Gasteiger charge is 2.08. The van der Waals surface area contributed by atoms with Gasteiger partial charge in [0.15, 0.2) is 5.15 Å². The molecule has 0 bridgehead atoms. The van der Waals surface area contributed by atoms with Crippen LogP contribution in [0.4, 0.5) is 0 Å². The Balaban J connectivity index is 2.61. The molecule has 5 heteroatoms. The third-order valence-electron chi connectivity index (χ3n) is 2.31. The number of nitrogens with one attached hydrogen (secondary N) is 1.